The maximum Gasteiger partial charge on any atom is 0.306 e. The Hall–Kier alpha value is -2.75. The smallest absolute Gasteiger partial charge is 0.306 e. The van der Waals surface area contributed by atoms with Crippen LogP contribution >= 0.6 is 11.3 Å². The molecule has 2 N–H and O–H groups in total. The molecule has 0 radical (unpaired) electrons. The van der Waals surface area contributed by atoms with E-state index in [2.05, 4.69) is 15.4 Å². The maximum absolute atomic E-state index is 13.0. The molecule has 1 aliphatic carbocycles. The zero-order chi connectivity index (χ0) is 21.6. The van der Waals surface area contributed by atoms with Crippen molar-refractivity contribution in [3.05, 3.63) is 27.3 Å². The van der Waals surface area contributed by atoms with Gasteiger partial charge in [-0.05, 0) is 38.7 Å². The topological polar surface area (TPSA) is 119 Å². The van der Waals surface area contributed by atoms with E-state index in [9.17, 15) is 14.4 Å². The number of carbonyl (C=O) groups is 2. The fourth-order valence-electron chi connectivity index (χ4n) is 4.10. The SMILES string of the molecule is Cc1nc2c(cc3c(=O)n(CC(=O)N[C@H]4CC[C@H](C(=O)O)CC4)nc(C(C)C)n32)s1. The van der Waals surface area contributed by atoms with Gasteiger partial charge in [-0.2, -0.15) is 5.10 Å². The number of carboxylic acid groups (broad SMARTS) is 1. The van der Waals surface area contributed by atoms with Crippen molar-refractivity contribution in [2.75, 3.05) is 0 Å². The second kappa shape index (κ2) is 7.82. The van der Waals surface area contributed by atoms with E-state index in [1.165, 1.54) is 16.0 Å². The van der Waals surface area contributed by atoms with Crippen molar-refractivity contribution in [2.45, 2.75) is 65.0 Å². The number of aliphatic carboxylic acids is 1. The molecule has 0 saturated heterocycles. The molecule has 1 aliphatic rings. The molecule has 3 heterocycles. The van der Waals surface area contributed by atoms with Crippen LogP contribution in [0, 0.1) is 12.8 Å². The summed E-state index contributed by atoms with van der Waals surface area (Å²) in [6.07, 6.45) is 2.35. The number of nitrogens with one attached hydrogen (secondary N) is 1. The lowest BCUT2D eigenvalue weighted by Gasteiger charge is -2.26. The third-order valence-electron chi connectivity index (χ3n) is 5.62. The molecule has 1 fully saturated rings. The van der Waals surface area contributed by atoms with E-state index in [1.54, 1.807) is 4.40 Å². The molecule has 0 aromatic carbocycles. The van der Waals surface area contributed by atoms with Crippen molar-refractivity contribution in [3.8, 4) is 0 Å². The molecular formula is C20H25N5O4S. The Bertz CT molecular complexity index is 1180. The molecule has 1 saturated carbocycles. The van der Waals surface area contributed by atoms with Crippen molar-refractivity contribution in [1.82, 2.24) is 24.5 Å². The summed E-state index contributed by atoms with van der Waals surface area (Å²) in [5.74, 6) is -0.684. The molecule has 1 amide bonds. The molecule has 3 aromatic heterocycles. The van der Waals surface area contributed by atoms with Crippen LogP contribution in [0.4, 0.5) is 0 Å². The van der Waals surface area contributed by atoms with Gasteiger partial charge in [0.15, 0.2) is 5.65 Å². The number of aryl methyl sites for hydroxylation is 1. The largest absolute Gasteiger partial charge is 0.481 e. The van der Waals surface area contributed by atoms with Crippen LogP contribution < -0.4 is 10.9 Å². The van der Waals surface area contributed by atoms with Crippen molar-refractivity contribution in [3.63, 3.8) is 0 Å². The van der Waals surface area contributed by atoms with Gasteiger partial charge in [0.2, 0.25) is 5.91 Å². The first-order valence-electron chi connectivity index (χ1n) is 10.2. The van der Waals surface area contributed by atoms with Gasteiger partial charge in [0.1, 0.15) is 17.9 Å². The molecule has 0 aliphatic heterocycles. The molecule has 9 nitrogen and oxygen atoms in total. The number of nitrogens with zero attached hydrogens (tertiary/aromatic N) is 4. The van der Waals surface area contributed by atoms with E-state index in [1.807, 2.05) is 26.8 Å². The lowest BCUT2D eigenvalue weighted by atomic mass is 9.86. The number of fused-ring (bicyclic) bond motifs is 3. The molecule has 0 bridgehead atoms. The van der Waals surface area contributed by atoms with Crippen LogP contribution in [0.25, 0.3) is 15.9 Å². The van der Waals surface area contributed by atoms with Gasteiger partial charge in [-0.15, -0.1) is 11.3 Å². The predicted octanol–water partition coefficient (Wildman–Crippen LogP) is 2.30. The molecule has 160 valence electrons. The molecule has 30 heavy (non-hydrogen) atoms. The number of hydrogen-bond acceptors (Lipinski definition) is 6. The first-order valence-corrected chi connectivity index (χ1v) is 11.0. The summed E-state index contributed by atoms with van der Waals surface area (Å²) in [4.78, 5) is 41.2. The minimum atomic E-state index is -0.776. The number of thiazole rings is 1. The van der Waals surface area contributed by atoms with Crippen molar-refractivity contribution in [1.29, 1.82) is 0 Å². The Morgan fingerprint density at radius 3 is 2.63 bits per heavy atom. The zero-order valence-electron chi connectivity index (χ0n) is 17.2. The first kappa shape index (κ1) is 20.5. The number of carboxylic acids is 1. The summed E-state index contributed by atoms with van der Waals surface area (Å²) in [5, 5.41) is 17.4. The molecule has 0 atom stereocenters. The van der Waals surface area contributed by atoms with Gasteiger partial charge in [-0.1, -0.05) is 13.8 Å². The Labute approximate surface area is 176 Å². The van der Waals surface area contributed by atoms with Gasteiger partial charge >= 0.3 is 5.97 Å². The van der Waals surface area contributed by atoms with Crippen molar-refractivity contribution < 1.29 is 14.7 Å². The van der Waals surface area contributed by atoms with Gasteiger partial charge in [0.25, 0.3) is 5.56 Å². The van der Waals surface area contributed by atoms with Crippen LogP contribution in [-0.2, 0) is 16.1 Å². The van der Waals surface area contributed by atoms with E-state index >= 15 is 0 Å². The van der Waals surface area contributed by atoms with Gasteiger partial charge in [0.05, 0.1) is 15.6 Å². The quantitative estimate of drug-likeness (QED) is 0.640. The number of amides is 1. The third-order valence-corrected chi connectivity index (χ3v) is 6.53. The molecule has 0 spiro atoms. The highest BCUT2D eigenvalue weighted by atomic mass is 32.1. The zero-order valence-corrected chi connectivity index (χ0v) is 18.0. The monoisotopic (exact) mass is 431 g/mol. The van der Waals surface area contributed by atoms with Gasteiger partial charge in [0, 0.05) is 12.0 Å². The Morgan fingerprint density at radius 1 is 1.30 bits per heavy atom. The highest BCUT2D eigenvalue weighted by Gasteiger charge is 2.27. The van der Waals surface area contributed by atoms with Gasteiger partial charge in [-0.25, -0.2) is 9.67 Å². The fourth-order valence-corrected chi connectivity index (χ4v) is 4.95. The lowest BCUT2D eigenvalue weighted by molar-refractivity contribution is -0.142. The normalized spacial score (nSPS) is 19.6. The minimum absolute atomic E-state index is 0.0336. The van der Waals surface area contributed by atoms with Crippen LogP contribution in [0.3, 0.4) is 0 Å². The molecular weight excluding hydrogens is 406 g/mol. The first-order chi connectivity index (χ1) is 14.2. The van der Waals surface area contributed by atoms with Crippen LogP contribution in [0.1, 0.15) is 56.3 Å². The van der Waals surface area contributed by atoms with Gasteiger partial charge < -0.3 is 10.4 Å². The maximum atomic E-state index is 13.0. The summed E-state index contributed by atoms with van der Waals surface area (Å²) >= 11 is 1.52. The Balaban J connectivity index is 1.58. The second-order valence-electron chi connectivity index (χ2n) is 8.22. The summed E-state index contributed by atoms with van der Waals surface area (Å²) < 4.78 is 3.94. The van der Waals surface area contributed by atoms with E-state index in [0.717, 1.165) is 15.4 Å². The van der Waals surface area contributed by atoms with Crippen LogP contribution in [0.15, 0.2) is 10.9 Å². The molecule has 3 aromatic rings. The Morgan fingerprint density at radius 2 is 2.00 bits per heavy atom. The van der Waals surface area contributed by atoms with E-state index < -0.39 is 5.97 Å². The van der Waals surface area contributed by atoms with Gasteiger partial charge in [-0.3, -0.25) is 18.8 Å². The summed E-state index contributed by atoms with van der Waals surface area (Å²) in [6, 6.07) is 1.75. The number of aromatic nitrogens is 4. The highest BCUT2D eigenvalue weighted by molar-refractivity contribution is 7.18. The number of hydrogen-bond donors (Lipinski definition) is 2. The molecule has 4 rings (SSSR count). The van der Waals surface area contributed by atoms with Crippen LogP contribution in [-0.4, -0.2) is 42.2 Å². The van der Waals surface area contributed by atoms with Crippen LogP contribution in [0.5, 0.6) is 0 Å². The number of carbonyl (C=O) groups excluding carboxylic acids is 1. The fraction of sp³-hybridized carbons (Fsp3) is 0.550. The third kappa shape index (κ3) is 3.71. The minimum Gasteiger partial charge on any atom is -0.481 e. The summed E-state index contributed by atoms with van der Waals surface area (Å²) in [5.41, 5.74) is 0.872. The van der Waals surface area contributed by atoms with Crippen molar-refractivity contribution >= 4 is 39.1 Å². The van der Waals surface area contributed by atoms with E-state index in [4.69, 9.17) is 5.11 Å². The summed E-state index contributed by atoms with van der Waals surface area (Å²) in [6.45, 7) is 5.74. The summed E-state index contributed by atoms with van der Waals surface area (Å²) in [7, 11) is 0. The molecule has 0 unspecified atom stereocenters. The number of rotatable bonds is 5. The average Bonchev–Trinajstić information content (AvgIpc) is 3.20. The van der Waals surface area contributed by atoms with Crippen LogP contribution in [0.2, 0.25) is 0 Å². The van der Waals surface area contributed by atoms with E-state index in [-0.39, 0.29) is 35.9 Å². The molecule has 10 heteroatoms. The second-order valence-corrected chi connectivity index (χ2v) is 9.45. The predicted molar refractivity (Wildman–Crippen MR) is 113 cm³/mol. The standard InChI is InChI=1S/C20H25N5O4S/c1-10(2)17-23-24(9-16(26)22-13-6-4-12(5-7-13)20(28)29)19(27)14-8-15-18(25(14)17)21-11(3)30-15/h8,10,12-13H,4-7,9H2,1-3H3,(H,22,26)(H,28,29)/t12-,13-. The highest BCUT2D eigenvalue weighted by Crippen LogP contribution is 2.27. The van der Waals surface area contributed by atoms with Crippen molar-refractivity contribution in [2.24, 2.45) is 5.92 Å². The Kier molecular flexibility index (Phi) is 5.35. The van der Waals surface area contributed by atoms with E-state index in [0.29, 0.717) is 37.0 Å². The lowest BCUT2D eigenvalue weighted by Crippen LogP contribution is -2.42. The average molecular weight is 432 g/mol.